The van der Waals surface area contributed by atoms with E-state index in [9.17, 15) is 14.7 Å². The molecule has 1 saturated carbocycles. The van der Waals surface area contributed by atoms with Gasteiger partial charge in [-0.1, -0.05) is 26.2 Å². The van der Waals surface area contributed by atoms with Gasteiger partial charge in [-0.15, -0.1) is 0 Å². The Labute approximate surface area is 248 Å². The summed E-state index contributed by atoms with van der Waals surface area (Å²) in [6.45, 7) is 6.31. The molecule has 10 heteroatoms. The maximum Gasteiger partial charge on any atom is 0.323 e. The van der Waals surface area contributed by atoms with Crippen molar-refractivity contribution in [3.63, 3.8) is 0 Å². The molecule has 0 spiro atoms. The number of anilines is 2. The number of aliphatic hydroxyl groups excluding tert-OH is 1. The zero-order valence-corrected chi connectivity index (χ0v) is 24.9. The zero-order valence-electron chi connectivity index (χ0n) is 24.9. The fourth-order valence-corrected chi connectivity index (χ4v) is 6.19. The molecule has 3 amide bonds. The van der Waals surface area contributed by atoms with Crippen LogP contribution in [0.5, 0.6) is 17.2 Å². The number of rotatable bonds is 8. The van der Waals surface area contributed by atoms with E-state index in [1.54, 1.807) is 35.2 Å². The molecule has 1 fully saturated rings. The molecule has 0 aromatic heterocycles. The van der Waals surface area contributed by atoms with Gasteiger partial charge in [-0.2, -0.15) is 0 Å². The van der Waals surface area contributed by atoms with Crippen LogP contribution in [0.1, 0.15) is 51.5 Å². The van der Waals surface area contributed by atoms with Crippen molar-refractivity contribution < 1.29 is 28.9 Å². The largest absolute Gasteiger partial charge is 0.488 e. The highest BCUT2D eigenvalue weighted by atomic mass is 16.7. The molecule has 3 aliphatic rings. The van der Waals surface area contributed by atoms with E-state index in [-0.39, 0.29) is 43.8 Å². The van der Waals surface area contributed by atoms with Crippen LogP contribution in [0, 0.1) is 11.8 Å². The maximum absolute atomic E-state index is 13.5. The molecule has 0 radical (unpaired) electrons. The van der Waals surface area contributed by atoms with Gasteiger partial charge >= 0.3 is 6.03 Å². The van der Waals surface area contributed by atoms with Crippen LogP contribution in [0.15, 0.2) is 36.4 Å². The van der Waals surface area contributed by atoms with Crippen LogP contribution >= 0.6 is 0 Å². The van der Waals surface area contributed by atoms with Crippen molar-refractivity contribution in [1.29, 1.82) is 0 Å². The first-order chi connectivity index (χ1) is 20.3. The Kier molecular flexibility index (Phi) is 9.74. The smallest absolute Gasteiger partial charge is 0.323 e. The molecule has 10 nitrogen and oxygen atoms in total. The molecular weight excluding hydrogens is 536 g/mol. The third-order valence-corrected chi connectivity index (χ3v) is 8.59. The lowest BCUT2D eigenvalue weighted by Crippen LogP contribution is -2.48. The number of hydrogen-bond donors (Lipinski definition) is 3. The molecule has 2 aromatic carbocycles. The van der Waals surface area contributed by atoms with Gasteiger partial charge in [-0.25, -0.2) is 4.79 Å². The van der Waals surface area contributed by atoms with Crippen molar-refractivity contribution in [3.8, 4) is 17.2 Å². The second kappa shape index (κ2) is 13.6. The molecule has 2 heterocycles. The summed E-state index contributed by atoms with van der Waals surface area (Å²) in [6, 6.07) is 9.90. The summed E-state index contributed by atoms with van der Waals surface area (Å²) in [5.41, 5.74) is 1.81. The molecule has 1 aliphatic carbocycles. The van der Waals surface area contributed by atoms with E-state index < -0.39 is 6.03 Å². The highest BCUT2D eigenvalue weighted by Gasteiger charge is 2.31. The lowest BCUT2D eigenvalue weighted by atomic mass is 9.89. The third-order valence-electron chi connectivity index (χ3n) is 8.59. The Balaban J connectivity index is 1.32. The van der Waals surface area contributed by atoms with E-state index in [1.165, 1.54) is 32.1 Å². The van der Waals surface area contributed by atoms with Crippen molar-refractivity contribution in [2.45, 2.75) is 64.5 Å². The van der Waals surface area contributed by atoms with E-state index in [0.29, 0.717) is 46.6 Å². The van der Waals surface area contributed by atoms with Crippen molar-refractivity contribution >= 4 is 23.3 Å². The zero-order chi connectivity index (χ0) is 29.6. The van der Waals surface area contributed by atoms with E-state index in [1.807, 2.05) is 13.0 Å². The number of aliphatic hydroxyl groups is 1. The molecule has 3 atom stereocenters. The Morgan fingerprint density at radius 2 is 1.71 bits per heavy atom. The van der Waals surface area contributed by atoms with Crippen molar-refractivity contribution in [3.05, 3.63) is 42.0 Å². The Morgan fingerprint density at radius 3 is 2.45 bits per heavy atom. The highest BCUT2D eigenvalue weighted by molar-refractivity contribution is 6.00. The van der Waals surface area contributed by atoms with Gasteiger partial charge < -0.3 is 39.8 Å². The van der Waals surface area contributed by atoms with Gasteiger partial charge in [0.25, 0.3) is 0 Å². The Hall–Kier alpha value is -3.50. The first-order valence-corrected chi connectivity index (χ1v) is 15.1. The Morgan fingerprint density at radius 1 is 1.02 bits per heavy atom. The van der Waals surface area contributed by atoms with Crippen LogP contribution in [-0.2, 0) is 11.2 Å². The van der Waals surface area contributed by atoms with Crippen molar-refractivity contribution in [2.75, 3.05) is 50.7 Å². The first-order valence-electron chi connectivity index (χ1n) is 15.1. The van der Waals surface area contributed by atoms with Gasteiger partial charge in [0, 0.05) is 48.6 Å². The summed E-state index contributed by atoms with van der Waals surface area (Å²) in [5.74, 6) is 2.55. The summed E-state index contributed by atoms with van der Waals surface area (Å²) in [5, 5.41) is 15.6. The number of carbonyl (C=O) groups excluding carboxylic acids is 2. The molecule has 228 valence electrons. The topological polar surface area (TPSA) is 113 Å². The number of nitrogens with one attached hydrogen (secondary N) is 2. The fourth-order valence-electron chi connectivity index (χ4n) is 6.19. The van der Waals surface area contributed by atoms with Crippen LogP contribution in [0.25, 0.3) is 0 Å². The van der Waals surface area contributed by atoms with Gasteiger partial charge in [-0.3, -0.25) is 4.79 Å². The van der Waals surface area contributed by atoms with E-state index >= 15 is 0 Å². The second-order valence-electron chi connectivity index (χ2n) is 12.1. The molecule has 0 saturated heterocycles. The molecule has 2 aliphatic heterocycles. The minimum atomic E-state index is -0.421. The van der Waals surface area contributed by atoms with Gasteiger partial charge in [0.2, 0.25) is 12.7 Å². The number of carbonyl (C=O) groups is 2. The SMILES string of the molecule is C[C@H](CO)N1C[C@H](C)[C@H](CN(C)CC2CCCCC2)Oc2ccc(NC(=O)Nc3ccc4c(c3)OCO4)cc2CC1=O. The van der Waals surface area contributed by atoms with Crippen LogP contribution in [0.4, 0.5) is 16.2 Å². The number of ether oxygens (including phenoxy) is 3. The number of likely N-dealkylation sites (N-methyl/N-ethyl adjacent to an activating group) is 1. The van der Waals surface area contributed by atoms with Crippen LogP contribution in [0.3, 0.4) is 0 Å². The summed E-state index contributed by atoms with van der Waals surface area (Å²) in [4.78, 5) is 30.5. The van der Waals surface area contributed by atoms with Crippen molar-refractivity contribution in [2.24, 2.45) is 11.8 Å². The van der Waals surface area contributed by atoms with Gasteiger partial charge in [0.1, 0.15) is 11.9 Å². The number of fused-ring (bicyclic) bond motifs is 2. The molecule has 2 aromatic rings. The minimum Gasteiger partial charge on any atom is -0.488 e. The molecular formula is C32H44N4O6. The van der Waals surface area contributed by atoms with Gasteiger partial charge in [0.15, 0.2) is 11.5 Å². The van der Waals surface area contributed by atoms with Gasteiger partial charge in [0.05, 0.1) is 19.1 Å². The molecule has 5 rings (SSSR count). The van der Waals surface area contributed by atoms with Gasteiger partial charge in [-0.05, 0) is 63.1 Å². The summed E-state index contributed by atoms with van der Waals surface area (Å²) in [6.07, 6.45) is 6.47. The van der Waals surface area contributed by atoms with Crippen LogP contribution < -0.4 is 24.8 Å². The lowest BCUT2D eigenvalue weighted by Gasteiger charge is -2.35. The Bertz CT molecular complexity index is 1250. The monoisotopic (exact) mass is 580 g/mol. The number of benzene rings is 2. The highest BCUT2D eigenvalue weighted by Crippen LogP contribution is 2.34. The molecule has 0 unspecified atom stereocenters. The molecule has 0 bridgehead atoms. The standard InChI is InChI=1S/C32H44N4O6/c1-21-16-36(22(2)19-37)31(38)14-24-13-25(33-32(39)34-26-10-12-28-29(15-26)41-20-40-28)9-11-27(24)42-30(21)18-35(3)17-23-7-5-4-6-8-23/h9-13,15,21-23,30,37H,4-8,14,16-20H2,1-3H3,(H2,33,34,39)/t21-,22+,30-/m0/s1. The summed E-state index contributed by atoms with van der Waals surface area (Å²) in [7, 11) is 2.16. The van der Waals surface area contributed by atoms with Crippen LogP contribution in [-0.4, -0.2) is 79.1 Å². The maximum atomic E-state index is 13.5. The third kappa shape index (κ3) is 7.46. The number of nitrogens with zero attached hydrogens (tertiary/aromatic N) is 2. The number of amides is 3. The fraction of sp³-hybridized carbons (Fsp3) is 0.562. The quantitative estimate of drug-likeness (QED) is 0.414. The van der Waals surface area contributed by atoms with E-state index in [2.05, 4.69) is 29.5 Å². The second-order valence-corrected chi connectivity index (χ2v) is 12.1. The first kappa shape index (κ1) is 30.0. The predicted octanol–water partition coefficient (Wildman–Crippen LogP) is 4.72. The number of urea groups is 1. The summed E-state index contributed by atoms with van der Waals surface area (Å²) < 4.78 is 17.4. The normalized spacial score (nSPS) is 21.5. The lowest BCUT2D eigenvalue weighted by molar-refractivity contribution is -0.134. The molecule has 42 heavy (non-hydrogen) atoms. The predicted molar refractivity (Wildman–Crippen MR) is 161 cm³/mol. The molecule has 3 N–H and O–H groups in total. The minimum absolute atomic E-state index is 0.0491. The average molecular weight is 581 g/mol. The van der Waals surface area contributed by atoms with E-state index in [4.69, 9.17) is 14.2 Å². The van der Waals surface area contributed by atoms with Crippen molar-refractivity contribution in [1.82, 2.24) is 9.80 Å². The summed E-state index contributed by atoms with van der Waals surface area (Å²) >= 11 is 0. The van der Waals surface area contributed by atoms with Crippen LogP contribution in [0.2, 0.25) is 0 Å². The number of hydrogen-bond acceptors (Lipinski definition) is 7. The average Bonchev–Trinajstić information content (AvgIpc) is 3.45. The van der Waals surface area contributed by atoms with E-state index in [0.717, 1.165) is 13.1 Å².